The Labute approximate surface area is 178 Å². The molecule has 5 atom stereocenters. The lowest BCUT2D eigenvalue weighted by atomic mass is 9.81. The van der Waals surface area contributed by atoms with Gasteiger partial charge in [0.05, 0.1) is 30.5 Å². The molecular weight excluding hydrogens is 408 g/mol. The van der Waals surface area contributed by atoms with Gasteiger partial charge in [-0.2, -0.15) is 0 Å². The molecule has 4 rings (SSSR count). The van der Waals surface area contributed by atoms with Gasteiger partial charge in [0.2, 0.25) is 0 Å². The molecule has 2 heterocycles. The molecule has 1 aliphatic carbocycles. The summed E-state index contributed by atoms with van der Waals surface area (Å²) in [4.78, 5) is 26.1. The quantitative estimate of drug-likeness (QED) is 0.544. The molecular formula is C22H26O9. The van der Waals surface area contributed by atoms with Crippen molar-refractivity contribution >= 4 is 11.6 Å². The minimum atomic E-state index is -1.46. The first kappa shape index (κ1) is 22.1. The summed E-state index contributed by atoms with van der Waals surface area (Å²) < 4.78 is 16.6. The van der Waals surface area contributed by atoms with Crippen LogP contribution in [0.4, 0.5) is 0 Å². The zero-order valence-corrected chi connectivity index (χ0v) is 17.3. The Morgan fingerprint density at radius 2 is 2.03 bits per heavy atom. The first-order valence-electron chi connectivity index (χ1n) is 10.3. The number of aromatic hydroxyl groups is 1. The number of hydrogen-bond acceptors (Lipinski definition) is 9. The largest absolute Gasteiger partial charge is 0.507 e. The van der Waals surface area contributed by atoms with E-state index in [1.165, 1.54) is 13.0 Å². The van der Waals surface area contributed by atoms with Gasteiger partial charge in [-0.15, -0.1) is 0 Å². The summed E-state index contributed by atoms with van der Waals surface area (Å²) in [5, 5.41) is 40.7. The molecule has 1 aromatic rings. The van der Waals surface area contributed by atoms with Gasteiger partial charge in [0.25, 0.3) is 0 Å². The Bertz CT molecular complexity index is 949. The fourth-order valence-corrected chi connectivity index (χ4v) is 4.41. The third-order valence-corrected chi connectivity index (χ3v) is 5.83. The second kappa shape index (κ2) is 8.09. The number of hydrogen-bond donors (Lipinski definition) is 4. The number of phenols is 1. The van der Waals surface area contributed by atoms with Crippen LogP contribution in [0.25, 0.3) is 0 Å². The molecule has 3 aliphatic rings. The molecule has 9 nitrogen and oxygen atoms in total. The molecule has 0 amide bonds. The van der Waals surface area contributed by atoms with Crippen LogP contribution in [0.15, 0.2) is 17.7 Å². The molecule has 31 heavy (non-hydrogen) atoms. The van der Waals surface area contributed by atoms with Gasteiger partial charge in [0, 0.05) is 17.5 Å². The lowest BCUT2D eigenvalue weighted by Crippen LogP contribution is -2.47. The number of allylic oxidation sites excluding steroid dienone is 1. The normalized spacial score (nSPS) is 33.0. The van der Waals surface area contributed by atoms with Crippen molar-refractivity contribution < 1.29 is 44.2 Å². The maximum absolute atomic E-state index is 13.3. The Morgan fingerprint density at radius 1 is 1.29 bits per heavy atom. The smallest absolute Gasteiger partial charge is 0.198 e. The monoisotopic (exact) mass is 434 g/mol. The van der Waals surface area contributed by atoms with Gasteiger partial charge in [0.15, 0.2) is 23.6 Å². The van der Waals surface area contributed by atoms with E-state index in [0.717, 1.165) is 6.08 Å². The molecule has 1 fully saturated rings. The molecule has 168 valence electrons. The maximum Gasteiger partial charge on any atom is 0.198 e. The van der Waals surface area contributed by atoms with Gasteiger partial charge in [-0.1, -0.05) is 13.3 Å². The highest BCUT2D eigenvalue weighted by Gasteiger charge is 2.43. The highest BCUT2D eigenvalue weighted by atomic mass is 16.7. The topological polar surface area (TPSA) is 143 Å². The fraction of sp³-hybridized carbons (Fsp3) is 0.545. The predicted molar refractivity (Wildman–Crippen MR) is 106 cm³/mol. The average Bonchev–Trinajstić information content (AvgIpc) is 2.70. The molecule has 0 spiro atoms. The minimum Gasteiger partial charge on any atom is -0.507 e. The van der Waals surface area contributed by atoms with E-state index >= 15 is 0 Å². The van der Waals surface area contributed by atoms with Crippen molar-refractivity contribution in [3.8, 4) is 5.75 Å². The number of rotatable bonds is 4. The van der Waals surface area contributed by atoms with Crippen LogP contribution in [0.5, 0.6) is 5.75 Å². The summed E-state index contributed by atoms with van der Waals surface area (Å²) in [6.45, 7) is 2.78. The van der Waals surface area contributed by atoms with Crippen molar-refractivity contribution in [2.45, 2.75) is 63.5 Å². The highest BCUT2D eigenvalue weighted by Crippen LogP contribution is 2.46. The van der Waals surface area contributed by atoms with Crippen LogP contribution < -0.4 is 0 Å². The van der Waals surface area contributed by atoms with E-state index in [4.69, 9.17) is 14.2 Å². The number of aliphatic hydroxyl groups is 3. The van der Waals surface area contributed by atoms with Crippen molar-refractivity contribution in [2.75, 3.05) is 13.2 Å². The number of benzene rings is 1. The van der Waals surface area contributed by atoms with Crippen molar-refractivity contribution in [2.24, 2.45) is 0 Å². The van der Waals surface area contributed by atoms with Gasteiger partial charge in [-0.3, -0.25) is 9.59 Å². The van der Waals surface area contributed by atoms with Gasteiger partial charge in [0.1, 0.15) is 18.0 Å². The van der Waals surface area contributed by atoms with Crippen molar-refractivity contribution in [1.82, 2.24) is 0 Å². The molecule has 0 unspecified atom stereocenters. The zero-order valence-electron chi connectivity index (χ0n) is 17.3. The molecule has 0 bridgehead atoms. The Balaban J connectivity index is 1.76. The summed E-state index contributed by atoms with van der Waals surface area (Å²) in [6.07, 6.45) is -1.56. The van der Waals surface area contributed by atoms with Crippen molar-refractivity contribution in [3.05, 3.63) is 40.0 Å². The Kier molecular flexibility index (Phi) is 5.76. The SMILES string of the molecule is CCC[C@H]1O[C@@](C)(O)Cc2cc3c(c(O)c21)C(=O)C([C@@H]1OC[C@@H](O)[C@H](CO)O1)=CC3=O. The summed E-state index contributed by atoms with van der Waals surface area (Å²) in [7, 11) is 0. The standard InChI is InChI=1S/C22H26O9/c1-3-4-15-17-10(7-22(2,28)31-15)5-11-13(24)6-12(19(26)18(11)20(17)27)21-29-9-14(25)16(8-23)30-21/h5-6,14-16,21,23,25,27-28H,3-4,7-9H2,1-2H3/t14-,15-,16+,21-,22-/m1/s1. The molecule has 0 saturated carbocycles. The number of phenolic OH excluding ortho intramolecular Hbond substituents is 1. The van der Waals surface area contributed by atoms with E-state index in [1.54, 1.807) is 0 Å². The average molecular weight is 434 g/mol. The molecule has 4 N–H and O–H groups in total. The number of aliphatic hydroxyl groups excluding tert-OH is 2. The predicted octanol–water partition coefficient (Wildman–Crippen LogP) is 0.915. The number of carbonyl (C=O) groups excluding carboxylic acids is 2. The molecule has 9 heteroatoms. The summed E-state index contributed by atoms with van der Waals surface area (Å²) in [6, 6.07) is 1.53. The van der Waals surface area contributed by atoms with E-state index in [2.05, 4.69) is 0 Å². The Hall–Kier alpha value is -2.14. The van der Waals surface area contributed by atoms with Gasteiger partial charge in [-0.05, 0) is 31.1 Å². The van der Waals surface area contributed by atoms with E-state index in [1.807, 2.05) is 6.92 Å². The number of fused-ring (bicyclic) bond motifs is 2. The number of Topliss-reactive ketones (excluding diaryl/α,β-unsaturated/α-hetero) is 1. The van der Waals surface area contributed by atoms with E-state index in [-0.39, 0.29) is 35.5 Å². The number of ketones is 2. The van der Waals surface area contributed by atoms with E-state index < -0.39 is 48.6 Å². The second-order valence-electron chi connectivity index (χ2n) is 8.35. The van der Waals surface area contributed by atoms with E-state index in [9.17, 15) is 30.0 Å². The third-order valence-electron chi connectivity index (χ3n) is 5.83. The zero-order chi connectivity index (χ0) is 22.5. The lowest BCUT2D eigenvalue weighted by Gasteiger charge is -2.38. The van der Waals surface area contributed by atoms with Crippen molar-refractivity contribution in [1.29, 1.82) is 0 Å². The van der Waals surface area contributed by atoms with Crippen LogP contribution in [0.3, 0.4) is 0 Å². The van der Waals surface area contributed by atoms with Crippen LogP contribution in [0.1, 0.15) is 64.6 Å². The first-order valence-corrected chi connectivity index (χ1v) is 10.3. The fourth-order valence-electron chi connectivity index (χ4n) is 4.41. The number of ether oxygens (including phenoxy) is 3. The minimum absolute atomic E-state index is 0.0347. The van der Waals surface area contributed by atoms with Crippen molar-refractivity contribution in [3.63, 3.8) is 0 Å². The first-order chi connectivity index (χ1) is 14.7. The lowest BCUT2D eigenvalue weighted by molar-refractivity contribution is -0.241. The molecule has 0 radical (unpaired) electrons. The number of carbonyl (C=O) groups is 2. The molecule has 2 aliphatic heterocycles. The van der Waals surface area contributed by atoms with Gasteiger partial charge >= 0.3 is 0 Å². The van der Waals surface area contributed by atoms with Crippen LogP contribution in [0, 0.1) is 0 Å². The maximum atomic E-state index is 13.3. The molecule has 1 aromatic carbocycles. The summed E-state index contributed by atoms with van der Waals surface area (Å²) >= 11 is 0. The van der Waals surface area contributed by atoms with Crippen LogP contribution >= 0.6 is 0 Å². The van der Waals surface area contributed by atoms with Gasteiger partial charge < -0.3 is 34.6 Å². The highest BCUT2D eigenvalue weighted by molar-refractivity contribution is 6.26. The Morgan fingerprint density at radius 3 is 2.71 bits per heavy atom. The van der Waals surface area contributed by atoms with Crippen LogP contribution in [-0.4, -0.2) is 69.5 Å². The summed E-state index contributed by atoms with van der Waals surface area (Å²) in [5.74, 6) is -2.96. The van der Waals surface area contributed by atoms with Crippen LogP contribution in [-0.2, 0) is 20.6 Å². The molecule has 0 aromatic heterocycles. The second-order valence-corrected chi connectivity index (χ2v) is 8.35. The summed E-state index contributed by atoms with van der Waals surface area (Å²) in [5.41, 5.74) is 0.703. The van der Waals surface area contributed by atoms with Crippen LogP contribution in [0.2, 0.25) is 0 Å². The third kappa shape index (κ3) is 3.82. The molecule has 1 saturated heterocycles. The van der Waals surface area contributed by atoms with Gasteiger partial charge in [-0.25, -0.2) is 0 Å². The van der Waals surface area contributed by atoms with E-state index in [0.29, 0.717) is 24.0 Å².